The third-order valence-electron chi connectivity index (χ3n) is 5.92. The fourth-order valence-electron chi connectivity index (χ4n) is 4.08. The lowest BCUT2D eigenvalue weighted by Crippen LogP contribution is -2.13. The first kappa shape index (κ1) is 19.9. The number of allylic oxidation sites excluding steroid dienone is 1. The van der Waals surface area contributed by atoms with Crippen LogP contribution in [0.4, 0.5) is 0 Å². The van der Waals surface area contributed by atoms with Gasteiger partial charge in [-0.3, -0.25) is 0 Å². The lowest BCUT2D eigenvalue weighted by Gasteiger charge is -2.26. The summed E-state index contributed by atoms with van der Waals surface area (Å²) in [5.74, 6) is 1.67. The molecule has 0 aromatic heterocycles. The van der Waals surface area contributed by atoms with Gasteiger partial charge >= 0.3 is 0 Å². The molecule has 0 saturated heterocycles. The molecule has 1 nitrogen and oxygen atoms in total. The van der Waals surface area contributed by atoms with E-state index in [-0.39, 0.29) is 0 Å². The molecule has 1 aliphatic rings. The molecule has 0 unspecified atom stereocenters. The smallest absolute Gasteiger partial charge is 0.0716 e. The molecule has 1 heteroatoms. The predicted molar refractivity (Wildman–Crippen MR) is 116 cm³/mol. The zero-order valence-electron chi connectivity index (χ0n) is 16.8. The maximum Gasteiger partial charge on any atom is 0.0716 e. The summed E-state index contributed by atoms with van der Waals surface area (Å²) in [5.41, 5.74) is 5.29. The molecule has 0 aliphatic heterocycles. The van der Waals surface area contributed by atoms with Gasteiger partial charge in [-0.05, 0) is 79.0 Å². The zero-order chi connectivity index (χ0) is 18.9. The summed E-state index contributed by atoms with van der Waals surface area (Å²) in [5, 5.41) is 0. The van der Waals surface area contributed by atoms with Crippen molar-refractivity contribution in [2.75, 3.05) is 6.61 Å². The van der Waals surface area contributed by atoms with Gasteiger partial charge < -0.3 is 4.74 Å². The van der Waals surface area contributed by atoms with Gasteiger partial charge in [0.05, 0.1) is 6.61 Å². The van der Waals surface area contributed by atoms with Crippen LogP contribution in [-0.2, 0) is 17.8 Å². The first-order chi connectivity index (χ1) is 13.3. The predicted octanol–water partition coefficient (Wildman–Crippen LogP) is 7.21. The monoisotopic (exact) mass is 362 g/mol. The van der Waals surface area contributed by atoms with Gasteiger partial charge in [0.2, 0.25) is 0 Å². The molecular weight excluding hydrogens is 328 g/mol. The Morgan fingerprint density at radius 1 is 0.889 bits per heavy atom. The van der Waals surface area contributed by atoms with Crippen molar-refractivity contribution in [1.82, 2.24) is 0 Å². The average Bonchev–Trinajstić information content (AvgIpc) is 2.74. The molecule has 2 aromatic rings. The van der Waals surface area contributed by atoms with Gasteiger partial charge in [-0.2, -0.15) is 0 Å². The van der Waals surface area contributed by atoms with Crippen molar-refractivity contribution >= 4 is 0 Å². The van der Waals surface area contributed by atoms with Crippen molar-refractivity contribution in [1.29, 1.82) is 0 Å². The molecule has 27 heavy (non-hydrogen) atoms. The van der Waals surface area contributed by atoms with E-state index in [2.05, 4.69) is 68.1 Å². The highest BCUT2D eigenvalue weighted by molar-refractivity contribution is 5.63. The van der Waals surface area contributed by atoms with E-state index in [1.54, 1.807) is 0 Å². The number of aryl methyl sites for hydroxylation is 1. The van der Waals surface area contributed by atoms with Gasteiger partial charge in [0, 0.05) is 6.61 Å². The molecule has 1 aliphatic carbocycles. The van der Waals surface area contributed by atoms with Crippen LogP contribution in [0.15, 0.2) is 61.2 Å². The van der Waals surface area contributed by atoms with Crippen LogP contribution in [0.5, 0.6) is 0 Å². The Hall–Kier alpha value is -1.86. The minimum atomic E-state index is 0.710. The number of hydrogen-bond donors (Lipinski definition) is 0. The molecule has 0 bridgehead atoms. The Bertz CT molecular complexity index is 675. The van der Waals surface area contributed by atoms with E-state index in [1.165, 1.54) is 60.8 Å². The summed E-state index contributed by atoms with van der Waals surface area (Å²) in [4.78, 5) is 0. The largest absolute Gasteiger partial charge is 0.377 e. The average molecular weight is 363 g/mol. The number of rotatable bonds is 9. The zero-order valence-corrected chi connectivity index (χ0v) is 16.8. The van der Waals surface area contributed by atoms with E-state index < -0.39 is 0 Å². The maximum absolute atomic E-state index is 5.61. The fraction of sp³-hybridized carbons (Fsp3) is 0.462. The Balaban J connectivity index is 1.49. The van der Waals surface area contributed by atoms with E-state index in [0.717, 1.165) is 24.9 Å². The van der Waals surface area contributed by atoms with Crippen molar-refractivity contribution < 1.29 is 4.74 Å². The van der Waals surface area contributed by atoms with Gasteiger partial charge in [-0.15, -0.1) is 6.58 Å². The van der Waals surface area contributed by atoms with Crippen molar-refractivity contribution in [3.05, 3.63) is 72.3 Å². The third-order valence-corrected chi connectivity index (χ3v) is 5.92. The highest BCUT2D eigenvalue weighted by Crippen LogP contribution is 2.32. The van der Waals surface area contributed by atoms with Gasteiger partial charge in [-0.25, -0.2) is 0 Å². The standard InChI is InChI=1S/C26H34O/c1-3-19-27-20-24-13-17-26(18-14-24)25-15-11-23(12-16-25)10-9-22-7-5-21(4-2)6-8-22/h4,11-18,21-22H,2-3,5-10,19-20H2,1H3/t21-,22-. The van der Waals surface area contributed by atoms with Crippen LogP contribution in [0.25, 0.3) is 11.1 Å². The van der Waals surface area contributed by atoms with Crippen molar-refractivity contribution in [2.45, 2.75) is 58.5 Å². The van der Waals surface area contributed by atoms with E-state index in [9.17, 15) is 0 Å². The Labute approximate surface area is 165 Å². The SMILES string of the molecule is C=C[C@H]1CC[C@H](CCc2ccc(-c3ccc(COCCC)cc3)cc2)CC1. The van der Waals surface area contributed by atoms with E-state index in [1.807, 2.05) is 0 Å². The van der Waals surface area contributed by atoms with E-state index in [0.29, 0.717) is 6.61 Å². The molecule has 0 radical (unpaired) electrons. The van der Waals surface area contributed by atoms with Crippen LogP contribution in [0, 0.1) is 11.8 Å². The van der Waals surface area contributed by atoms with Crippen molar-refractivity contribution in [3.8, 4) is 11.1 Å². The van der Waals surface area contributed by atoms with Crippen LogP contribution in [-0.4, -0.2) is 6.61 Å². The summed E-state index contributed by atoms with van der Waals surface area (Å²) in [7, 11) is 0. The number of hydrogen-bond acceptors (Lipinski definition) is 1. The van der Waals surface area contributed by atoms with Gasteiger partial charge in [-0.1, -0.05) is 61.5 Å². The molecule has 0 N–H and O–H groups in total. The van der Waals surface area contributed by atoms with Gasteiger partial charge in [0.25, 0.3) is 0 Å². The molecule has 144 valence electrons. The third kappa shape index (κ3) is 6.07. The first-order valence-electron chi connectivity index (χ1n) is 10.7. The Kier molecular flexibility index (Phi) is 7.71. The van der Waals surface area contributed by atoms with Crippen LogP contribution in [0.2, 0.25) is 0 Å². The Morgan fingerprint density at radius 3 is 2.04 bits per heavy atom. The highest BCUT2D eigenvalue weighted by Gasteiger charge is 2.18. The van der Waals surface area contributed by atoms with Crippen LogP contribution >= 0.6 is 0 Å². The molecule has 3 rings (SSSR count). The quantitative estimate of drug-likeness (QED) is 0.338. The first-order valence-corrected chi connectivity index (χ1v) is 10.7. The normalized spacial score (nSPS) is 19.7. The van der Waals surface area contributed by atoms with Crippen LogP contribution in [0.3, 0.4) is 0 Å². The highest BCUT2D eigenvalue weighted by atomic mass is 16.5. The molecule has 0 amide bonds. The van der Waals surface area contributed by atoms with Crippen LogP contribution in [0.1, 0.15) is 56.6 Å². The van der Waals surface area contributed by atoms with Crippen LogP contribution < -0.4 is 0 Å². The molecule has 2 aromatic carbocycles. The lowest BCUT2D eigenvalue weighted by molar-refractivity contribution is 0.121. The molecule has 0 spiro atoms. The minimum Gasteiger partial charge on any atom is -0.377 e. The fourth-order valence-corrected chi connectivity index (χ4v) is 4.08. The second-order valence-electron chi connectivity index (χ2n) is 8.00. The maximum atomic E-state index is 5.61. The number of ether oxygens (including phenoxy) is 1. The summed E-state index contributed by atoms with van der Waals surface area (Å²) in [6.45, 7) is 7.63. The summed E-state index contributed by atoms with van der Waals surface area (Å²) in [6, 6.07) is 17.9. The molecule has 1 fully saturated rings. The topological polar surface area (TPSA) is 9.23 Å². The second kappa shape index (κ2) is 10.5. The summed E-state index contributed by atoms with van der Waals surface area (Å²) in [6.07, 6.45) is 11.2. The molecule has 0 atom stereocenters. The van der Waals surface area contributed by atoms with Crippen molar-refractivity contribution in [2.24, 2.45) is 11.8 Å². The lowest BCUT2D eigenvalue weighted by atomic mass is 9.79. The summed E-state index contributed by atoms with van der Waals surface area (Å²) < 4.78 is 5.61. The van der Waals surface area contributed by atoms with Crippen molar-refractivity contribution in [3.63, 3.8) is 0 Å². The molecule has 1 saturated carbocycles. The Morgan fingerprint density at radius 2 is 1.48 bits per heavy atom. The second-order valence-corrected chi connectivity index (χ2v) is 8.00. The van der Waals surface area contributed by atoms with E-state index >= 15 is 0 Å². The van der Waals surface area contributed by atoms with E-state index in [4.69, 9.17) is 4.74 Å². The summed E-state index contributed by atoms with van der Waals surface area (Å²) >= 11 is 0. The number of benzene rings is 2. The van der Waals surface area contributed by atoms with Gasteiger partial charge in [0.15, 0.2) is 0 Å². The molecular formula is C26H34O. The molecule has 0 heterocycles. The van der Waals surface area contributed by atoms with Gasteiger partial charge in [0.1, 0.15) is 0 Å². The minimum absolute atomic E-state index is 0.710.